The molecule has 1 fully saturated rings. The second-order valence-electron chi connectivity index (χ2n) is 5.13. The summed E-state index contributed by atoms with van der Waals surface area (Å²) >= 11 is 5.49. The molecule has 0 aliphatic carbocycles. The molecule has 0 unspecified atom stereocenters. The maximum Gasteiger partial charge on any atom is 0.168 e. The molecule has 1 saturated heterocycles. The number of rotatable bonds is 6. The van der Waals surface area contributed by atoms with Crippen molar-refractivity contribution in [2.45, 2.75) is 11.3 Å². The largest absolute Gasteiger partial charge is 0.494 e. The summed E-state index contributed by atoms with van der Waals surface area (Å²) in [6.07, 6.45) is 0.982. The molecular weight excluding hydrogens is 321 g/mol. The molecule has 1 N–H and O–H groups in total. The van der Waals surface area contributed by atoms with E-state index in [0.29, 0.717) is 11.5 Å². The molecule has 2 rings (SSSR count). The van der Waals surface area contributed by atoms with Crippen LogP contribution in [0.25, 0.3) is 0 Å². The highest BCUT2D eigenvalue weighted by molar-refractivity contribution is 7.94. The average Bonchev–Trinajstić information content (AvgIpc) is 2.59. The minimum atomic E-state index is 0.249. The van der Waals surface area contributed by atoms with Gasteiger partial charge >= 0.3 is 0 Å². The zero-order chi connectivity index (χ0) is 15.8. The Labute approximate surface area is 141 Å². The van der Waals surface area contributed by atoms with Crippen LogP contribution in [0.3, 0.4) is 0 Å². The Hall–Kier alpha value is -1.05. The molecule has 1 aliphatic heterocycles. The van der Waals surface area contributed by atoms with Crippen molar-refractivity contribution in [3.63, 3.8) is 0 Å². The molecule has 22 heavy (non-hydrogen) atoms. The minimum absolute atomic E-state index is 0.249. The Morgan fingerprint density at radius 1 is 1.27 bits per heavy atom. The first-order chi connectivity index (χ1) is 10.7. The maximum absolute atomic E-state index is 12.3. The molecule has 1 aromatic rings. The Morgan fingerprint density at radius 2 is 1.95 bits per heavy atom. The van der Waals surface area contributed by atoms with Crippen LogP contribution in [0, 0.1) is 0 Å². The highest BCUT2D eigenvalue weighted by Crippen LogP contribution is 2.21. The summed E-state index contributed by atoms with van der Waals surface area (Å²) in [4.78, 5) is 5.23. The lowest BCUT2D eigenvalue weighted by molar-refractivity contribution is 0.169. The summed E-state index contributed by atoms with van der Waals surface area (Å²) in [5.74, 6) is 0.794. The Kier molecular flexibility index (Phi) is 7.21. The molecular formula is C15H22FN3OS2. The van der Waals surface area contributed by atoms with E-state index < -0.39 is 0 Å². The number of halogens is 1. The van der Waals surface area contributed by atoms with Gasteiger partial charge in [-0.1, -0.05) is 0 Å². The molecule has 0 saturated carbocycles. The number of piperazine rings is 1. The van der Waals surface area contributed by atoms with E-state index in [1.54, 1.807) is 24.3 Å². The first-order valence-corrected chi connectivity index (χ1v) is 8.56. The molecule has 4 nitrogen and oxygen atoms in total. The van der Waals surface area contributed by atoms with Gasteiger partial charge in [0.25, 0.3) is 0 Å². The number of hydrogen-bond donors (Lipinski definition) is 1. The fraction of sp³-hybridized carbons (Fsp3) is 0.533. The van der Waals surface area contributed by atoms with Gasteiger partial charge in [0.15, 0.2) is 5.11 Å². The van der Waals surface area contributed by atoms with Crippen molar-refractivity contribution in [2.24, 2.45) is 0 Å². The van der Waals surface area contributed by atoms with Crippen molar-refractivity contribution in [3.05, 3.63) is 24.3 Å². The zero-order valence-corrected chi connectivity index (χ0v) is 14.4. The first kappa shape index (κ1) is 17.3. The van der Waals surface area contributed by atoms with E-state index in [1.807, 2.05) is 7.05 Å². The first-order valence-electron chi connectivity index (χ1n) is 7.43. The normalized spacial score (nSPS) is 15.6. The van der Waals surface area contributed by atoms with Crippen molar-refractivity contribution < 1.29 is 8.62 Å². The summed E-state index contributed by atoms with van der Waals surface area (Å²) < 4.78 is 18.0. The lowest BCUT2D eigenvalue weighted by atomic mass is 10.3. The highest BCUT2D eigenvalue weighted by atomic mass is 32.2. The standard InChI is InChI=1S/C15H22FN3OS2/c1-17-15(21)19-10-8-18(9-11-19)7-2-12-20-13-3-5-14(22-16)6-4-13/h3-6H,2,7-12H2,1H3,(H,17,21). The number of ether oxygens (including phenoxy) is 1. The fourth-order valence-electron chi connectivity index (χ4n) is 2.40. The molecule has 122 valence electrons. The van der Waals surface area contributed by atoms with Gasteiger partial charge in [-0.3, -0.25) is 4.90 Å². The number of nitrogens with zero attached hydrogens (tertiary/aromatic N) is 2. The topological polar surface area (TPSA) is 27.7 Å². The molecule has 0 bridgehead atoms. The van der Waals surface area contributed by atoms with Crippen LogP contribution >= 0.6 is 24.4 Å². The van der Waals surface area contributed by atoms with Crippen LogP contribution in [-0.4, -0.2) is 61.3 Å². The summed E-state index contributed by atoms with van der Waals surface area (Å²) in [5, 5.41) is 3.85. The van der Waals surface area contributed by atoms with Gasteiger partial charge in [-0.25, -0.2) is 0 Å². The van der Waals surface area contributed by atoms with Crippen LogP contribution in [0.2, 0.25) is 0 Å². The fourth-order valence-corrected chi connectivity index (χ4v) is 2.82. The summed E-state index contributed by atoms with van der Waals surface area (Å²) in [5.41, 5.74) is 0. The molecule has 0 aromatic heterocycles. The van der Waals surface area contributed by atoms with Crippen molar-refractivity contribution in [1.82, 2.24) is 15.1 Å². The van der Waals surface area contributed by atoms with Crippen LogP contribution < -0.4 is 10.1 Å². The van der Waals surface area contributed by atoms with Crippen molar-refractivity contribution in [2.75, 3.05) is 46.4 Å². The predicted molar refractivity (Wildman–Crippen MR) is 93.2 cm³/mol. The van der Waals surface area contributed by atoms with E-state index in [-0.39, 0.29) is 12.1 Å². The Morgan fingerprint density at radius 3 is 2.55 bits per heavy atom. The van der Waals surface area contributed by atoms with Crippen molar-refractivity contribution >= 4 is 29.5 Å². The zero-order valence-electron chi connectivity index (χ0n) is 12.8. The molecule has 1 aliphatic rings. The highest BCUT2D eigenvalue weighted by Gasteiger charge is 2.17. The van der Waals surface area contributed by atoms with E-state index >= 15 is 0 Å². The van der Waals surface area contributed by atoms with Crippen LogP contribution in [-0.2, 0) is 0 Å². The third kappa shape index (κ3) is 5.30. The van der Waals surface area contributed by atoms with Gasteiger partial charge in [-0.05, 0) is 42.9 Å². The second kappa shape index (κ2) is 9.17. The third-order valence-corrected chi connectivity index (χ3v) is 4.59. The second-order valence-corrected chi connectivity index (χ2v) is 6.15. The van der Waals surface area contributed by atoms with Crippen molar-refractivity contribution in [3.8, 4) is 5.75 Å². The molecule has 1 heterocycles. The molecule has 0 spiro atoms. The molecule has 0 atom stereocenters. The Balaban J connectivity index is 1.60. The molecule has 1 aromatic carbocycles. The quantitative estimate of drug-likeness (QED) is 0.630. The van der Waals surface area contributed by atoms with Crippen LogP contribution in [0.5, 0.6) is 5.75 Å². The summed E-state index contributed by atoms with van der Waals surface area (Å²) in [7, 11) is 1.87. The van der Waals surface area contributed by atoms with Crippen molar-refractivity contribution in [1.29, 1.82) is 0 Å². The van der Waals surface area contributed by atoms with E-state index in [0.717, 1.165) is 50.0 Å². The smallest absolute Gasteiger partial charge is 0.168 e. The lowest BCUT2D eigenvalue weighted by Gasteiger charge is -2.35. The molecule has 0 amide bonds. The van der Waals surface area contributed by atoms with Crippen LogP contribution in [0.15, 0.2) is 29.2 Å². The van der Waals surface area contributed by atoms with Gasteiger partial charge in [0, 0.05) is 44.7 Å². The number of benzene rings is 1. The summed E-state index contributed by atoms with van der Waals surface area (Å²) in [6, 6.07) is 7.06. The van der Waals surface area contributed by atoms with Gasteiger partial charge < -0.3 is 15.0 Å². The van der Waals surface area contributed by atoms with E-state index in [1.165, 1.54) is 0 Å². The van der Waals surface area contributed by atoms with E-state index in [4.69, 9.17) is 17.0 Å². The maximum atomic E-state index is 12.3. The molecule has 0 radical (unpaired) electrons. The van der Waals surface area contributed by atoms with E-state index in [2.05, 4.69) is 15.1 Å². The van der Waals surface area contributed by atoms with Gasteiger partial charge in [-0.15, -0.1) is 0 Å². The van der Waals surface area contributed by atoms with Crippen LogP contribution in [0.4, 0.5) is 3.89 Å². The molecule has 7 heteroatoms. The minimum Gasteiger partial charge on any atom is -0.494 e. The summed E-state index contributed by atoms with van der Waals surface area (Å²) in [6.45, 7) is 5.72. The van der Waals surface area contributed by atoms with E-state index in [9.17, 15) is 3.89 Å². The van der Waals surface area contributed by atoms with Gasteiger partial charge in [0.2, 0.25) is 0 Å². The van der Waals surface area contributed by atoms with Gasteiger partial charge in [-0.2, -0.15) is 3.89 Å². The monoisotopic (exact) mass is 343 g/mol. The predicted octanol–water partition coefficient (Wildman–Crippen LogP) is 2.55. The average molecular weight is 343 g/mol. The number of hydrogen-bond acceptors (Lipinski definition) is 4. The Bertz CT molecular complexity index is 464. The number of thiocarbonyl (C=S) groups is 1. The van der Waals surface area contributed by atoms with Gasteiger partial charge in [0.05, 0.1) is 18.8 Å². The lowest BCUT2D eigenvalue weighted by Crippen LogP contribution is -2.51. The third-order valence-electron chi connectivity index (χ3n) is 3.67. The van der Waals surface area contributed by atoms with Gasteiger partial charge in [0.1, 0.15) is 5.75 Å². The van der Waals surface area contributed by atoms with Crippen LogP contribution in [0.1, 0.15) is 6.42 Å². The SMILES string of the molecule is CNC(=S)N1CCN(CCCOc2ccc(SF)cc2)CC1. The number of nitrogens with one attached hydrogen (secondary N) is 1.